The van der Waals surface area contributed by atoms with E-state index < -0.39 is 22.5 Å². The maximum Gasteiger partial charge on any atom is 0.264 e. The molecule has 9 heteroatoms. The monoisotopic (exact) mass is 586 g/mol. The van der Waals surface area contributed by atoms with E-state index in [1.54, 1.807) is 66.7 Å². The van der Waals surface area contributed by atoms with Crippen molar-refractivity contribution in [3.63, 3.8) is 0 Å². The second kappa shape index (κ2) is 12.5. The quantitative estimate of drug-likeness (QED) is 0.227. The maximum atomic E-state index is 13.7. The van der Waals surface area contributed by atoms with Crippen molar-refractivity contribution in [2.45, 2.75) is 31.1 Å². The number of benzene rings is 4. The van der Waals surface area contributed by atoms with Crippen LogP contribution in [0.25, 0.3) is 0 Å². The lowest BCUT2D eigenvalue weighted by molar-refractivity contribution is -0.114. The third-order valence-electron chi connectivity index (χ3n) is 6.70. The van der Waals surface area contributed by atoms with E-state index in [-0.39, 0.29) is 21.8 Å². The molecule has 8 nitrogen and oxygen atoms in total. The number of sulfonamides is 1. The Balaban J connectivity index is 1.60. The van der Waals surface area contributed by atoms with Gasteiger partial charge in [0.2, 0.25) is 5.91 Å². The lowest BCUT2D eigenvalue weighted by atomic mass is 9.86. The van der Waals surface area contributed by atoms with Crippen LogP contribution in [0, 0.1) is 0 Å². The van der Waals surface area contributed by atoms with Gasteiger partial charge in [0.05, 0.1) is 24.8 Å². The first-order valence-electron chi connectivity index (χ1n) is 13.3. The van der Waals surface area contributed by atoms with Gasteiger partial charge in [-0.25, -0.2) is 8.42 Å². The number of anilines is 2. The van der Waals surface area contributed by atoms with Crippen molar-refractivity contribution in [2.75, 3.05) is 30.4 Å². The summed E-state index contributed by atoms with van der Waals surface area (Å²) in [5.74, 6) is -0.0590. The predicted molar refractivity (Wildman–Crippen MR) is 164 cm³/mol. The number of ether oxygens (including phenoxy) is 2. The molecule has 0 bridgehead atoms. The van der Waals surface area contributed by atoms with Gasteiger partial charge < -0.3 is 14.8 Å². The van der Waals surface area contributed by atoms with Gasteiger partial charge in [-0.15, -0.1) is 0 Å². The van der Waals surface area contributed by atoms with Crippen molar-refractivity contribution < 1.29 is 27.5 Å². The molecule has 0 atom stereocenters. The van der Waals surface area contributed by atoms with Crippen molar-refractivity contribution >= 4 is 33.1 Å². The molecule has 0 saturated heterocycles. The highest BCUT2D eigenvalue weighted by Crippen LogP contribution is 2.34. The summed E-state index contributed by atoms with van der Waals surface area (Å²) in [6.07, 6.45) is 0. The third-order valence-corrected chi connectivity index (χ3v) is 8.48. The van der Waals surface area contributed by atoms with Gasteiger partial charge in [-0.3, -0.25) is 13.9 Å². The zero-order valence-corrected chi connectivity index (χ0v) is 25.1. The van der Waals surface area contributed by atoms with Crippen molar-refractivity contribution in [3.05, 3.63) is 114 Å². The standard InChI is InChI=1S/C33H34N2O6S/c1-33(2,3)25-16-14-23(15-17-25)32(37)24-10-9-11-26(20-24)34-31(36)22-35(42(38,39)28-12-7-6-8-13-28)27-18-19-29(40-4)30(21-27)41-5/h6-21H,22H2,1-5H3,(H,34,36). The van der Waals surface area contributed by atoms with E-state index in [4.69, 9.17) is 9.47 Å². The molecule has 4 rings (SSSR count). The minimum atomic E-state index is -4.14. The number of carbonyl (C=O) groups is 2. The van der Waals surface area contributed by atoms with Crippen molar-refractivity contribution in [1.29, 1.82) is 0 Å². The van der Waals surface area contributed by atoms with Gasteiger partial charge in [0, 0.05) is 22.9 Å². The van der Waals surface area contributed by atoms with E-state index in [9.17, 15) is 18.0 Å². The molecule has 0 aliphatic heterocycles. The molecule has 0 aromatic heterocycles. The fourth-order valence-electron chi connectivity index (χ4n) is 4.37. The Morgan fingerprint density at radius 2 is 1.43 bits per heavy atom. The van der Waals surface area contributed by atoms with Crippen LogP contribution in [-0.4, -0.2) is 40.9 Å². The van der Waals surface area contributed by atoms with Crippen LogP contribution in [0.2, 0.25) is 0 Å². The second-order valence-corrected chi connectivity index (χ2v) is 12.5. The van der Waals surface area contributed by atoms with E-state index >= 15 is 0 Å². The Kier molecular flexibility index (Phi) is 9.02. The molecule has 0 aliphatic rings. The number of carbonyl (C=O) groups excluding carboxylic acids is 2. The fourth-order valence-corrected chi connectivity index (χ4v) is 5.81. The molecule has 4 aromatic rings. The highest BCUT2D eigenvalue weighted by Gasteiger charge is 2.28. The van der Waals surface area contributed by atoms with E-state index in [1.165, 1.54) is 32.4 Å². The first-order valence-corrected chi connectivity index (χ1v) is 14.7. The van der Waals surface area contributed by atoms with Crippen LogP contribution in [0.15, 0.2) is 102 Å². The van der Waals surface area contributed by atoms with Crippen LogP contribution in [0.3, 0.4) is 0 Å². The zero-order chi connectivity index (χ0) is 30.5. The van der Waals surface area contributed by atoms with E-state index in [1.807, 2.05) is 12.1 Å². The van der Waals surface area contributed by atoms with Crippen molar-refractivity contribution in [2.24, 2.45) is 0 Å². The summed E-state index contributed by atoms with van der Waals surface area (Å²) in [6, 6.07) is 26.5. The minimum absolute atomic E-state index is 0.0256. The molecule has 0 fully saturated rings. The summed E-state index contributed by atoms with van der Waals surface area (Å²) >= 11 is 0. The Bertz CT molecular complexity index is 1680. The molecular formula is C33H34N2O6S. The third kappa shape index (κ3) is 6.80. The van der Waals surface area contributed by atoms with Gasteiger partial charge in [-0.2, -0.15) is 0 Å². The summed E-state index contributed by atoms with van der Waals surface area (Å²) in [7, 11) is -1.22. The summed E-state index contributed by atoms with van der Waals surface area (Å²) in [4.78, 5) is 26.5. The normalized spacial score (nSPS) is 11.5. The predicted octanol–water partition coefficient (Wildman–Crippen LogP) is 6.07. The lowest BCUT2D eigenvalue weighted by Gasteiger charge is -2.25. The van der Waals surface area contributed by atoms with Gasteiger partial charge in [0.25, 0.3) is 10.0 Å². The summed E-state index contributed by atoms with van der Waals surface area (Å²) < 4.78 is 39.0. The number of nitrogens with one attached hydrogen (secondary N) is 1. The Hall–Kier alpha value is -4.63. The SMILES string of the molecule is COc1ccc(N(CC(=O)Nc2cccc(C(=O)c3ccc(C(C)(C)C)cc3)c2)S(=O)(=O)c2ccccc2)cc1OC. The molecule has 42 heavy (non-hydrogen) atoms. The van der Waals surface area contributed by atoms with Crippen LogP contribution in [0.5, 0.6) is 11.5 Å². The summed E-state index contributed by atoms with van der Waals surface area (Å²) in [5, 5.41) is 2.74. The number of amides is 1. The summed E-state index contributed by atoms with van der Waals surface area (Å²) in [6.45, 7) is 5.78. The zero-order valence-electron chi connectivity index (χ0n) is 24.2. The lowest BCUT2D eigenvalue weighted by Crippen LogP contribution is -2.38. The Morgan fingerprint density at radius 3 is 2.05 bits per heavy atom. The van der Waals surface area contributed by atoms with Gasteiger partial charge in [0.15, 0.2) is 17.3 Å². The first-order chi connectivity index (χ1) is 19.9. The van der Waals surface area contributed by atoms with Gasteiger partial charge >= 0.3 is 0 Å². The number of hydrogen-bond acceptors (Lipinski definition) is 6. The highest BCUT2D eigenvalue weighted by atomic mass is 32.2. The molecular weight excluding hydrogens is 552 g/mol. The largest absolute Gasteiger partial charge is 0.493 e. The molecule has 4 aromatic carbocycles. The van der Waals surface area contributed by atoms with Crippen LogP contribution < -0.4 is 19.1 Å². The highest BCUT2D eigenvalue weighted by molar-refractivity contribution is 7.92. The van der Waals surface area contributed by atoms with Crippen LogP contribution >= 0.6 is 0 Å². The first kappa shape index (κ1) is 30.3. The molecule has 1 amide bonds. The van der Waals surface area contributed by atoms with Crippen molar-refractivity contribution in [1.82, 2.24) is 0 Å². The number of hydrogen-bond donors (Lipinski definition) is 1. The van der Waals surface area contributed by atoms with E-state index in [0.29, 0.717) is 28.3 Å². The number of ketones is 1. The van der Waals surface area contributed by atoms with Crippen molar-refractivity contribution in [3.8, 4) is 11.5 Å². The van der Waals surface area contributed by atoms with Gasteiger partial charge in [0.1, 0.15) is 6.54 Å². The molecule has 0 radical (unpaired) electrons. The molecule has 1 N–H and O–H groups in total. The molecule has 0 saturated carbocycles. The topological polar surface area (TPSA) is 102 Å². The van der Waals surface area contributed by atoms with Crippen LogP contribution in [0.1, 0.15) is 42.3 Å². The second-order valence-electron chi connectivity index (χ2n) is 10.6. The van der Waals surface area contributed by atoms with Gasteiger partial charge in [-0.05, 0) is 47.4 Å². The molecule has 0 spiro atoms. The van der Waals surface area contributed by atoms with E-state index in [2.05, 4.69) is 26.1 Å². The number of rotatable bonds is 10. The maximum absolute atomic E-state index is 13.7. The van der Waals surface area contributed by atoms with Crippen LogP contribution in [-0.2, 0) is 20.2 Å². The average Bonchev–Trinajstić information content (AvgIpc) is 2.99. The Labute approximate surface area is 247 Å². The molecule has 0 heterocycles. The van der Waals surface area contributed by atoms with Crippen LogP contribution in [0.4, 0.5) is 11.4 Å². The van der Waals surface area contributed by atoms with Gasteiger partial charge in [-0.1, -0.05) is 75.4 Å². The Morgan fingerprint density at radius 1 is 0.762 bits per heavy atom. The molecule has 0 unspecified atom stereocenters. The number of nitrogens with zero attached hydrogens (tertiary/aromatic N) is 1. The average molecular weight is 587 g/mol. The van der Waals surface area contributed by atoms with E-state index in [0.717, 1.165) is 9.87 Å². The molecule has 0 aliphatic carbocycles. The smallest absolute Gasteiger partial charge is 0.264 e. The number of methoxy groups -OCH3 is 2. The fraction of sp³-hybridized carbons (Fsp3) is 0.212. The summed E-state index contributed by atoms with van der Waals surface area (Å²) in [5.41, 5.74) is 2.58. The minimum Gasteiger partial charge on any atom is -0.493 e. The molecule has 218 valence electrons.